The topological polar surface area (TPSA) is 108 Å². The average molecular weight is 384 g/mol. The van der Waals surface area contributed by atoms with E-state index in [0.717, 1.165) is 11.1 Å². The number of rotatable bonds is 8. The highest BCUT2D eigenvalue weighted by Gasteiger charge is 2.11. The predicted molar refractivity (Wildman–Crippen MR) is 105 cm³/mol. The molecule has 2 aromatic rings. The van der Waals surface area contributed by atoms with Crippen molar-refractivity contribution in [2.24, 2.45) is 5.73 Å². The third-order valence-corrected chi connectivity index (χ3v) is 4.04. The summed E-state index contributed by atoms with van der Waals surface area (Å²) in [7, 11) is 0. The maximum atomic E-state index is 11.9. The largest absolute Gasteiger partial charge is 0.482 e. The minimum atomic E-state index is -0.645. The van der Waals surface area contributed by atoms with Crippen molar-refractivity contribution >= 4 is 23.5 Å². The van der Waals surface area contributed by atoms with Gasteiger partial charge >= 0.3 is 5.97 Å². The summed E-state index contributed by atoms with van der Waals surface area (Å²) in [5.74, 6) is -0.745. The number of aryl methyl sites for hydroxylation is 1. The van der Waals surface area contributed by atoms with Crippen molar-refractivity contribution in [2.45, 2.75) is 26.7 Å². The van der Waals surface area contributed by atoms with E-state index in [2.05, 4.69) is 19.2 Å². The van der Waals surface area contributed by atoms with Crippen LogP contribution in [0.15, 0.2) is 42.5 Å². The maximum Gasteiger partial charge on any atom is 0.344 e. The number of hydrogen-bond acceptors (Lipinski definition) is 5. The van der Waals surface area contributed by atoms with E-state index in [1.54, 1.807) is 0 Å². The van der Waals surface area contributed by atoms with Gasteiger partial charge in [0.1, 0.15) is 5.75 Å². The molecule has 3 N–H and O–H groups in total. The molecule has 0 fully saturated rings. The van der Waals surface area contributed by atoms with Gasteiger partial charge < -0.3 is 20.5 Å². The Kier molecular flexibility index (Phi) is 7.14. The summed E-state index contributed by atoms with van der Waals surface area (Å²) in [6.45, 7) is 5.31. The lowest BCUT2D eigenvalue weighted by Gasteiger charge is -2.12. The summed E-state index contributed by atoms with van der Waals surface area (Å²) in [6, 6.07) is 11.9. The molecular weight excluding hydrogens is 360 g/mol. The fourth-order valence-corrected chi connectivity index (χ4v) is 2.37. The van der Waals surface area contributed by atoms with Gasteiger partial charge in [-0.3, -0.25) is 9.59 Å². The summed E-state index contributed by atoms with van der Waals surface area (Å²) in [5.41, 5.74) is 7.97. The van der Waals surface area contributed by atoms with Crippen LogP contribution in [0.1, 0.15) is 41.3 Å². The second kappa shape index (κ2) is 9.55. The molecule has 0 aliphatic heterocycles. The van der Waals surface area contributed by atoms with Crippen LogP contribution in [0.3, 0.4) is 0 Å². The summed E-state index contributed by atoms with van der Waals surface area (Å²) >= 11 is 0. The van der Waals surface area contributed by atoms with Gasteiger partial charge in [0.2, 0.25) is 5.91 Å². The minimum absolute atomic E-state index is 0.289. The maximum absolute atomic E-state index is 11.9. The number of benzene rings is 2. The predicted octanol–water partition coefficient (Wildman–Crippen LogP) is 2.78. The first-order valence-electron chi connectivity index (χ1n) is 8.85. The highest BCUT2D eigenvalue weighted by Crippen LogP contribution is 2.24. The van der Waals surface area contributed by atoms with Gasteiger partial charge in [-0.25, -0.2) is 4.79 Å². The van der Waals surface area contributed by atoms with Crippen LogP contribution in [0, 0.1) is 6.92 Å². The second-order valence-corrected chi connectivity index (χ2v) is 6.62. The molecule has 2 aromatic carbocycles. The van der Waals surface area contributed by atoms with Gasteiger partial charge in [0.25, 0.3) is 5.91 Å². The van der Waals surface area contributed by atoms with E-state index in [4.69, 9.17) is 15.2 Å². The van der Waals surface area contributed by atoms with Crippen molar-refractivity contribution in [2.75, 3.05) is 18.5 Å². The lowest BCUT2D eigenvalue weighted by atomic mass is 10.0. The van der Waals surface area contributed by atoms with Gasteiger partial charge in [0, 0.05) is 11.3 Å². The van der Waals surface area contributed by atoms with Crippen molar-refractivity contribution in [3.8, 4) is 5.75 Å². The Hall–Kier alpha value is -3.35. The number of nitrogens with one attached hydrogen (secondary N) is 1. The number of ether oxygens (including phenoxy) is 2. The molecule has 2 rings (SSSR count). The van der Waals surface area contributed by atoms with Gasteiger partial charge in [0.15, 0.2) is 13.2 Å². The van der Waals surface area contributed by atoms with Crippen LogP contribution in [0.4, 0.5) is 5.69 Å². The Labute approximate surface area is 163 Å². The molecule has 0 radical (unpaired) electrons. The molecule has 7 heteroatoms. The zero-order valence-corrected chi connectivity index (χ0v) is 16.2. The molecule has 0 saturated heterocycles. The van der Waals surface area contributed by atoms with Gasteiger partial charge in [-0.05, 0) is 54.3 Å². The quantitative estimate of drug-likeness (QED) is 0.681. The van der Waals surface area contributed by atoms with Crippen molar-refractivity contribution in [3.05, 3.63) is 59.2 Å². The minimum Gasteiger partial charge on any atom is -0.482 e. The molecule has 0 atom stereocenters. The Bertz CT molecular complexity index is 860. The molecule has 0 spiro atoms. The van der Waals surface area contributed by atoms with Crippen molar-refractivity contribution < 1.29 is 23.9 Å². The van der Waals surface area contributed by atoms with E-state index in [0.29, 0.717) is 22.9 Å². The van der Waals surface area contributed by atoms with Crippen LogP contribution in [0.5, 0.6) is 5.75 Å². The van der Waals surface area contributed by atoms with E-state index >= 15 is 0 Å². The van der Waals surface area contributed by atoms with Crippen molar-refractivity contribution in [1.29, 1.82) is 0 Å². The molecule has 0 saturated carbocycles. The molecule has 0 aliphatic carbocycles. The van der Waals surface area contributed by atoms with Crippen LogP contribution in [-0.2, 0) is 14.3 Å². The molecule has 148 valence electrons. The van der Waals surface area contributed by atoms with Crippen molar-refractivity contribution in [1.82, 2.24) is 0 Å². The number of amides is 2. The molecule has 28 heavy (non-hydrogen) atoms. The first-order chi connectivity index (χ1) is 13.3. The average Bonchev–Trinajstić information content (AvgIpc) is 2.66. The van der Waals surface area contributed by atoms with Gasteiger partial charge in [-0.15, -0.1) is 0 Å². The normalized spacial score (nSPS) is 10.4. The third-order valence-electron chi connectivity index (χ3n) is 4.04. The SMILES string of the molecule is Cc1ccc(C(C)C)cc1OCC(=O)OCC(=O)Nc1ccc(C(N)=O)cc1. The number of nitrogens with two attached hydrogens (primary N) is 1. The smallest absolute Gasteiger partial charge is 0.344 e. The molecule has 0 heterocycles. The summed E-state index contributed by atoms with van der Waals surface area (Å²) < 4.78 is 10.5. The Balaban J connectivity index is 1.80. The number of esters is 1. The van der Waals surface area contributed by atoms with Crippen LogP contribution in [0.25, 0.3) is 0 Å². The summed E-state index contributed by atoms with van der Waals surface area (Å²) in [5, 5.41) is 2.56. The molecule has 0 unspecified atom stereocenters. The molecule has 0 aromatic heterocycles. The van der Waals surface area contributed by atoms with Crippen LogP contribution < -0.4 is 15.8 Å². The second-order valence-electron chi connectivity index (χ2n) is 6.62. The number of carbonyl (C=O) groups excluding carboxylic acids is 3. The number of carbonyl (C=O) groups is 3. The Morgan fingerprint density at radius 2 is 1.71 bits per heavy atom. The van der Waals surface area contributed by atoms with Crippen molar-refractivity contribution in [3.63, 3.8) is 0 Å². The number of hydrogen-bond donors (Lipinski definition) is 2. The van der Waals surface area contributed by atoms with E-state index in [1.165, 1.54) is 24.3 Å². The standard InChI is InChI=1S/C21H24N2O5/c1-13(2)16-5-4-14(3)18(10-16)27-12-20(25)28-11-19(24)23-17-8-6-15(7-9-17)21(22)26/h4-10,13H,11-12H2,1-3H3,(H2,22,26)(H,23,24). The lowest BCUT2D eigenvalue weighted by Crippen LogP contribution is -2.23. The zero-order valence-electron chi connectivity index (χ0n) is 16.2. The van der Waals surface area contributed by atoms with Crippen LogP contribution in [-0.4, -0.2) is 31.0 Å². The van der Waals surface area contributed by atoms with Crippen LogP contribution in [0.2, 0.25) is 0 Å². The fraction of sp³-hybridized carbons (Fsp3) is 0.286. The first kappa shape index (κ1) is 21.0. The third kappa shape index (κ3) is 6.12. The molecule has 7 nitrogen and oxygen atoms in total. The Morgan fingerprint density at radius 1 is 1.04 bits per heavy atom. The highest BCUT2D eigenvalue weighted by molar-refractivity contribution is 5.95. The summed E-state index contributed by atoms with van der Waals surface area (Å²) in [6.07, 6.45) is 0. The summed E-state index contributed by atoms with van der Waals surface area (Å²) in [4.78, 5) is 34.7. The van der Waals surface area contributed by atoms with Crippen LogP contribution >= 0.6 is 0 Å². The van der Waals surface area contributed by atoms with E-state index in [-0.39, 0.29) is 6.61 Å². The number of anilines is 1. The molecule has 0 aliphatic rings. The first-order valence-corrected chi connectivity index (χ1v) is 8.85. The molecule has 0 bridgehead atoms. The van der Waals surface area contributed by atoms with Gasteiger partial charge in [-0.1, -0.05) is 26.0 Å². The monoisotopic (exact) mass is 384 g/mol. The number of primary amides is 1. The van der Waals surface area contributed by atoms with E-state index < -0.39 is 24.4 Å². The van der Waals surface area contributed by atoms with E-state index in [9.17, 15) is 14.4 Å². The molecule has 2 amide bonds. The Morgan fingerprint density at radius 3 is 2.32 bits per heavy atom. The van der Waals surface area contributed by atoms with Gasteiger partial charge in [-0.2, -0.15) is 0 Å². The van der Waals surface area contributed by atoms with Gasteiger partial charge in [0.05, 0.1) is 0 Å². The highest BCUT2D eigenvalue weighted by atomic mass is 16.6. The van der Waals surface area contributed by atoms with E-state index in [1.807, 2.05) is 25.1 Å². The lowest BCUT2D eigenvalue weighted by molar-refractivity contribution is -0.149. The zero-order chi connectivity index (χ0) is 20.7. The molecular formula is C21H24N2O5. The fourth-order valence-electron chi connectivity index (χ4n) is 2.37.